The zero-order valence-electron chi connectivity index (χ0n) is 7.95. The third-order valence-corrected chi connectivity index (χ3v) is 5.08. The van der Waals surface area contributed by atoms with Crippen LogP contribution in [0.4, 0.5) is 0 Å². The summed E-state index contributed by atoms with van der Waals surface area (Å²) in [7, 11) is 2.59. The minimum atomic E-state index is -3.90. The fourth-order valence-electron chi connectivity index (χ4n) is 1.86. The Balaban J connectivity index is 3.07. The first-order valence-electron chi connectivity index (χ1n) is 4.47. The molecule has 1 rings (SSSR count). The summed E-state index contributed by atoms with van der Waals surface area (Å²) in [5.41, 5.74) is 0. The van der Waals surface area contributed by atoms with E-state index in [0.29, 0.717) is 12.8 Å². The Morgan fingerprint density at radius 3 is 2.14 bits per heavy atom. The van der Waals surface area contributed by atoms with Gasteiger partial charge in [-0.3, -0.25) is 4.79 Å². The van der Waals surface area contributed by atoms with E-state index in [-0.39, 0.29) is 12.8 Å². The Morgan fingerprint density at radius 2 is 1.79 bits per heavy atom. The minimum Gasteiger partial charge on any atom is -0.468 e. The smallest absolute Gasteiger partial charge is 0.328 e. The number of halogens is 1. The average Bonchev–Trinajstić information content (AvgIpc) is 2.16. The third kappa shape index (κ3) is 1.88. The second-order valence-corrected chi connectivity index (χ2v) is 6.36. The number of esters is 1. The van der Waals surface area contributed by atoms with Gasteiger partial charge in [-0.25, -0.2) is 8.42 Å². The number of rotatable bonds is 2. The fraction of sp³-hybridized carbons (Fsp3) is 0.875. The van der Waals surface area contributed by atoms with Crippen LogP contribution in [-0.2, 0) is 18.6 Å². The summed E-state index contributed by atoms with van der Waals surface area (Å²) in [6.45, 7) is 0. The van der Waals surface area contributed by atoms with E-state index in [9.17, 15) is 13.2 Å². The van der Waals surface area contributed by atoms with Crippen molar-refractivity contribution in [3.05, 3.63) is 0 Å². The zero-order valence-corrected chi connectivity index (χ0v) is 9.53. The maximum absolute atomic E-state index is 11.4. The molecule has 0 unspecified atom stereocenters. The van der Waals surface area contributed by atoms with Gasteiger partial charge in [0.15, 0.2) is 4.75 Å². The van der Waals surface area contributed by atoms with Crippen LogP contribution < -0.4 is 0 Å². The molecule has 0 atom stereocenters. The Hall–Kier alpha value is -0.290. The molecular weight excluding hydrogens is 228 g/mol. The monoisotopic (exact) mass is 240 g/mol. The van der Waals surface area contributed by atoms with Crippen LogP contribution in [0.3, 0.4) is 0 Å². The Kier molecular flexibility index (Phi) is 3.42. The molecule has 14 heavy (non-hydrogen) atoms. The first-order chi connectivity index (χ1) is 6.44. The lowest BCUT2D eigenvalue weighted by atomic mass is 9.88. The van der Waals surface area contributed by atoms with Crippen molar-refractivity contribution in [1.29, 1.82) is 0 Å². The topological polar surface area (TPSA) is 60.4 Å². The summed E-state index contributed by atoms with van der Waals surface area (Å²) in [6.07, 6.45) is 2.87. The number of carbonyl (C=O) groups excluding carboxylic acids is 1. The van der Waals surface area contributed by atoms with Crippen LogP contribution in [0.15, 0.2) is 0 Å². The molecule has 0 aromatic carbocycles. The molecule has 82 valence electrons. The standard InChI is InChI=1S/C8H13ClO4S/c1-13-7(10)8(14(9,11)12)5-3-2-4-6-8/h2-6H2,1H3. The van der Waals surface area contributed by atoms with Crippen LogP contribution in [0, 0.1) is 0 Å². The van der Waals surface area contributed by atoms with Crippen molar-refractivity contribution in [1.82, 2.24) is 0 Å². The normalized spacial score (nSPS) is 21.6. The van der Waals surface area contributed by atoms with E-state index in [0.717, 1.165) is 6.42 Å². The van der Waals surface area contributed by atoms with Crippen LogP contribution in [0.1, 0.15) is 32.1 Å². The second kappa shape index (κ2) is 4.06. The summed E-state index contributed by atoms with van der Waals surface area (Å²) in [4.78, 5) is 11.4. The van der Waals surface area contributed by atoms with E-state index in [1.165, 1.54) is 7.11 Å². The van der Waals surface area contributed by atoms with Crippen molar-refractivity contribution in [3.8, 4) is 0 Å². The molecule has 0 radical (unpaired) electrons. The highest BCUT2D eigenvalue weighted by molar-refractivity contribution is 8.15. The van der Waals surface area contributed by atoms with Crippen molar-refractivity contribution in [2.24, 2.45) is 0 Å². The van der Waals surface area contributed by atoms with Crippen LogP contribution in [0.2, 0.25) is 0 Å². The molecule has 0 spiro atoms. The predicted molar refractivity (Wildman–Crippen MR) is 52.6 cm³/mol. The largest absolute Gasteiger partial charge is 0.468 e. The molecule has 1 saturated carbocycles. The quantitative estimate of drug-likeness (QED) is 0.541. The number of ether oxygens (including phenoxy) is 1. The second-order valence-electron chi connectivity index (χ2n) is 3.48. The van der Waals surface area contributed by atoms with Crippen molar-refractivity contribution in [2.45, 2.75) is 36.9 Å². The molecule has 0 aromatic heterocycles. The Morgan fingerprint density at radius 1 is 1.29 bits per heavy atom. The van der Waals surface area contributed by atoms with Gasteiger partial charge in [0.05, 0.1) is 7.11 Å². The highest BCUT2D eigenvalue weighted by Gasteiger charge is 2.51. The molecule has 0 N–H and O–H groups in total. The first kappa shape index (κ1) is 11.8. The van der Waals surface area contributed by atoms with Gasteiger partial charge in [0.25, 0.3) is 0 Å². The van der Waals surface area contributed by atoms with Crippen LogP contribution in [0.25, 0.3) is 0 Å². The molecule has 1 aliphatic carbocycles. The summed E-state index contributed by atoms with van der Waals surface area (Å²) < 4.78 is 25.8. The van der Waals surface area contributed by atoms with Gasteiger partial charge in [-0.2, -0.15) is 0 Å². The van der Waals surface area contributed by atoms with Gasteiger partial charge in [0.1, 0.15) is 0 Å². The van der Waals surface area contributed by atoms with E-state index in [1.54, 1.807) is 0 Å². The van der Waals surface area contributed by atoms with Gasteiger partial charge in [0.2, 0.25) is 9.05 Å². The predicted octanol–water partition coefficient (Wildman–Crippen LogP) is 1.43. The van der Waals surface area contributed by atoms with Gasteiger partial charge < -0.3 is 4.74 Å². The summed E-state index contributed by atoms with van der Waals surface area (Å²) in [5, 5.41) is 0. The van der Waals surface area contributed by atoms with Crippen molar-refractivity contribution in [3.63, 3.8) is 0 Å². The molecule has 0 aliphatic heterocycles. The van der Waals surface area contributed by atoms with E-state index in [1.807, 2.05) is 0 Å². The number of carbonyl (C=O) groups is 1. The molecule has 0 aromatic rings. The maximum atomic E-state index is 11.4. The van der Waals surface area contributed by atoms with Crippen LogP contribution >= 0.6 is 10.7 Å². The highest BCUT2D eigenvalue weighted by atomic mass is 35.7. The fourth-order valence-corrected chi connectivity index (χ4v) is 3.57. The van der Waals surface area contributed by atoms with Gasteiger partial charge >= 0.3 is 5.97 Å². The number of hydrogen-bond acceptors (Lipinski definition) is 4. The number of hydrogen-bond donors (Lipinski definition) is 0. The van der Waals surface area contributed by atoms with E-state index < -0.39 is 19.8 Å². The molecule has 0 saturated heterocycles. The molecule has 6 heteroatoms. The van der Waals surface area contributed by atoms with E-state index in [4.69, 9.17) is 10.7 Å². The maximum Gasteiger partial charge on any atom is 0.328 e. The lowest BCUT2D eigenvalue weighted by molar-refractivity contribution is -0.144. The minimum absolute atomic E-state index is 0.269. The summed E-state index contributed by atoms with van der Waals surface area (Å²) >= 11 is 0. The van der Waals surface area contributed by atoms with Crippen LogP contribution in [-0.4, -0.2) is 26.2 Å². The van der Waals surface area contributed by atoms with Crippen molar-refractivity contribution >= 4 is 25.7 Å². The average molecular weight is 241 g/mol. The van der Waals surface area contributed by atoms with E-state index >= 15 is 0 Å². The first-order valence-corrected chi connectivity index (χ1v) is 6.77. The molecule has 1 fully saturated rings. The highest BCUT2D eigenvalue weighted by Crippen LogP contribution is 2.38. The lowest BCUT2D eigenvalue weighted by Gasteiger charge is -2.30. The number of methoxy groups -OCH3 is 1. The molecular formula is C8H13ClO4S. The zero-order chi connectivity index (χ0) is 10.8. The lowest BCUT2D eigenvalue weighted by Crippen LogP contribution is -2.46. The van der Waals surface area contributed by atoms with Gasteiger partial charge in [0, 0.05) is 10.7 Å². The molecule has 0 heterocycles. The van der Waals surface area contributed by atoms with Gasteiger partial charge in [-0.05, 0) is 12.8 Å². The SMILES string of the molecule is COC(=O)C1(S(=O)(=O)Cl)CCCCC1. The van der Waals surface area contributed by atoms with Gasteiger partial charge in [-0.15, -0.1) is 0 Å². The molecule has 0 bridgehead atoms. The van der Waals surface area contributed by atoms with Gasteiger partial charge in [-0.1, -0.05) is 19.3 Å². The van der Waals surface area contributed by atoms with Crippen molar-refractivity contribution < 1.29 is 17.9 Å². The Bertz CT molecular complexity index is 316. The molecule has 1 aliphatic rings. The van der Waals surface area contributed by atoms with E-state index in [2.05, 4.69) is 4.74 Å². The summed E-state index contributed by atoms with van der Waals surface area (Å²) in [5.74, 6) is -0.729. The van der Waals surface area contributed by atoms with Crippen LogP contribution in [0.5, 0.6) is 0 Å². The Labute approximate surface area is 88.0 Å². The molecule has 0 amide bonds. The summed E-state index contributed by atoms with van der Waals surface area (Å²) in [6, 6.07) is 0. The molecule has 4 nitrogen and oxygen atoms in total. The van der Waals surface area contributed by atoms with Crippen molar-refractivity contribution in [2.75, 3.05) is 7.11 Å². The third-order valence-electron chi connectivity index (χ3n) is 2.69.